The molecule has 1 aromatic rings. The number of carbonyl (C=O) groups is 1. The number of carbonyl (C=O) groups excluding carboxylic acids is 1. The van der Waals surface area contributed by atoms with Crippen molar-refractivity contribution in [3.05, 3.63) is 29.8 Å². The third-order valence-corrected chi connectivity index (χ3v) is 3.62. The zero-order chi connectivity index (χ0) is 14.7. The average molecular weight is 277 g/mol. The number of amides is 1. The van der Waals surface area contributed by atoms with Crippen LogP contribution in [-0.2, 0) is 0 Å². The number of hydrogen-bond donors (Lipinski definition) is 1. The van der Waals surface area contributed by atoms with Crippen molar-refractivity contribution in [2.45, 2.75) is 39.4 Å². The Balaban J connectivity index is 2.02. The number of ether oxygens (including phenoxy) is 1. The van der Waals surface area contributed by atoms with Crippen molar-refractivity contribution in [1.82, 2.24) is 4.90 Å². The van der Waals surface area contributed by atoms with E-state index >= 15 is 0 Å². The van der Waals surface area contributed by atoms with E-state index in [2.05, 4.69) is 0 Å². The topological polar surface area (TPSA) is 49.8 Å². The van der Waals surface area contributed by atoms with Crippen molar-refractivity contribution in [2.24, 2.45) is 5.92 Å². The molecule has 1 aliphatic heterocycles. The van der Waals surface area contributed by atoms with E-state index in [0.29, 0.717) is 25.1 Å². The van der Waals surface area contributed by atoms with Crippen LogP contribution in [0.2, 0.25) is 0 Å². The molecule has 4 nitrogen and oxygen atoms in total. The van der Waals surface area contributed by atoms with Gasteiger partial charge < -0.3 is 14.7 Å². The summed E-state index contributed by atoms with van der Waals surface area (Å²) in [6.07, 6.45) is 0.489. The van der Waals surface area contributed by atoms with Gasteiger partial charge in [0.1, 0.15) is 5.75 Å². The van der Waals surface area contributed by atoms with Gasteiger partial charge >= 0.3 is 0 Å². The largest absolute Gasteiger partial charge is 0.491 e. The molecule has 0 spiro atoms. The first-order chi connectivity index (χ1) is 9.47. The van der Waals surface area contributed by atoms with E-state index in [1.807, 2.05) is 37.8 Å². The van der Waals surface area contributed by atoms with Gasteiger partial charge in [0.05, 0.1) is 12.2 Å². The quantitative estimate of drug-likeness (QED) is 0.922. The van der Waals surface area contributed by atoms with Crippen LogP contribution < -0.4 is 4.74 Å². The molecule has 1 fully saturated rings. The fourth-order valence-electron chi connectivity index (χ4n) is 2.45. The van der Waals surface area contributed by atoms with Gasteiger partial charge in [-0.1, -0.05) is 6.92 Å². The van der Waals surface area contributed by atoms with Gasteiger partial charge in [-0.2, -0.15) is 0 Å². The highest BCUT2D eigenvalue weighted by Crippen LogP contribution is 2.20. The van der Waals surface area contributed by atoms with E-state index < -0.39 is 0 Å². The fourth-order valence-corrected chi connectivity index (χ4v) is 2.45. The molecule has 4 heteroatoms. The second kappa shape index (κ2) is 6.27. The molecule has 20 heavy (non-hydrogen) atoms. The summed E-state index contributed by atoms with van der Waals surface area (Å²) in [5.41, 5.74) is 0.671. The minimum Gasteiger partial charge on any atom is -0.491 e. The number of rotatable bonds is 3. The zero-order valence-electron chi connectivity index (χ0n) is 12.4. The zero-order valence-corrected chi connectivity index (χ0v) is 12.4. The maximum atomic E-state index is 12.4. The third-order valence-electron chi connectivity index (χ3n) is 3.62. The average Bonchev–Trinajstić information content (AvgIpc) is 2.41. The summed E-state index contributed by atoms with van der Waals surface area (Å²) >= 11 is 0. The second-order valence-electron chi connectivity index (χ2n) is 5.78. The maximum Gasteiger partial charge on any atom is 0.253 e. The Kier molecular flexibility index (Phi) is 4.65. The summed E-state index contributed by atoms with van der Waals surface area (Å²) < 4.78 is 5.57. The normalized spacial score (nSPS) is 22.9. The Bertz CT molecular complexity index is 455. The molecule has 0 aliphatic carbocycles. The number of benzene rings is 1. The van der Waals surface area contributed by atoms with Crippen LogP contribution in [0.25, 0.3) is 0 Å². The summed E-state index contributed by atoms with van der Waals surface area (Å²) in [6.45, 7) is 7.15. The van der Waals surface area contributed by atoms with Crippen LogP contribution in [0.4, 0.5) is 0 Å². The van der Waals surface area contributed by atoms with Crippen LogP contribution in [0.1, 0.15) is 37.6 Å². The SMILES string of the molecule is CC(C)Oc1ccc(C(=O)N2CCC(O)C(C)C2)cc1. The van der Waals surface area contributed by atoms with E-state index in [1.54, 1.807) is 12.1 Å². The van der Waals surface area contributed by atoms with Crippen molar-refractivity contribution in [3.63, 3.8) is 0 Å². The molecule has 0 bridgehead atoms. The highest BCUT2D eigenvalue weighted by atomic mass is 16.5. The minimum absolute atomic E-state index is 0.0276. The number of piperidine rings is 1. The molecule has 110 valence electrons. The van der Waals surface area contributed by atoms with E-state index in [9.17, 15) is 9.90 Å². The molecule has 1 aromatic carbocycles. The Morgan fingerprint density at radius 1 is 1.35 bits per heavy atom. The van der Waals surface area contributed by atoms with Crippen LogP contribution in [0.3, 0.4) is 0 Å². The molecule has 0 aromatic heterocycles. The highest BCUT2D eigenvalue weighted by molar-refractivity contribution is 5.94. The summed E-state index contributed by atoms with van der Waals surface area (Å²) in [6, 6.07) is 7.26. The minimum atomic E-state index is -0.291. The van der Waals surface area contributed by atoms with Crippen LogP contribution in [-0.4, -0.2) is 41.2 Å². The Morgan fingerprint density at radius 3 is 2.55 bits per heavy atom. The van der Waals surface area contributed by atoms with Crippen molar-refractivity contribution in [1.29, 1.82) is 0 Å². The van der Waals surface area contributed by atoms with Gasteiger partial charge in [0.25, 0.3) is 5.91 Å². The lowest BCUT2D eigenvalue weighted by Crippen LogP contribution is -2.44. The lowest BCUT2D eigenvalue weighted by atomic mass is 9.96. The van der Waals surface area contributed by atoms with E-state index in [0.717, 1.165) is 5.75 Å². The van der Waals surface area contributed by atoms with Gasteiger partial charge in [0.2, 0.25) is 0 Å². The summed E-state index contributed by atoms with van der Waals surface area (Å²) in [5, 5.41) is 9.71. The number of likely N-dealkylation sites (tertiary alicyclic amines) is 1. The summed E-state index contributed by atoms with van der Waals surface area (Å²) in [4.78, 5) is 14.2. The molecule has 1 amide bonds. The van der Waals surface area contributed by atoms with Gasteiger partial charge in [-0.3, -0.25) is 4.79 Å². The summed E-state index contributed by atoms with van der Waals surface area (Å²) in [5.74, 6) is 0.940. The van der Waals surface area contributed by atoms with E-state index in [4.69, 9.17) is 4.74 Å². The number of aliphatic hydroxyl groups is 1. The van der Waals surface area contributed by atoms with Crippen molar-refractivity contribution in [2.75, 3.05) is 13.1 Å². The predicted octanol–water partition coefficient (Wildman–Crippen LogP) is 2.32. The van der Waals surface area contributed by atoms with Crippen molar-refractivity contribution >= 4 is 5.91 Å². The molecule has 0 radical (unpaired) electrons. The lowest BCUT2D eigenvalue weighted by Gasteiger charge is -2.34. The fraction of sp³-hybridized carbons (Fsp3) is 0.562. The molecule has 2 unspecified atom stereocenters. The van der Waals surface area contributed by atoms with Crippen LogP contribution in [0.15, 0.2) is 24.3 Å². The first-order valence-electron chi connectivity index (χ1n) is 7.21. The monoisotopic (exact) mass is 277 g/mol. The molecule has 1 heterocycles. The van der Waals surface area contributed by atoms with Gasteiger partial charge in [-0.05, 0) is 50.5 Å². The van der Waals surface area contributed by atoms with Gasteiger partial charge in [0.15, 0.2) is 0 Å². The number of hydrogen-bond acceptors (Lipinski definition) is 3. The molecule has 2 atom stereocenters. The molecule has 2 rings (SSSR count). The predicted molar refractivity (Wildman–Crippen MR) is 77.9 cm³/mol. The van der Waals surface area contributed by atoms with Crippen LogP contribution >= 0.6 is 0 Å². The molecule has 1 N–H and O–H groups in total. The first-order valence-corrected chi connectivity index (χ1v) is 7.21. The number of nitrogens with zero attached hydrogens (tertiary/aromatic N) is 1. The highest BCUT2D eigenvalue weighted by Gasteiger charge is 2.27. The third kappa shape index (κ3) is 3.51. The molecular weight excluding hydrogens is 254 g/mol. The second-order valence-corrected chi connectivity index (χ2v) is 5.78. The van der Waals surface area contributed by atoms with Gasteiger partial charge in [0, 0.05) is 18.7 Å². The molecule has 1 aliphatic rings. The van der Waals surface area contributed by atoms with E-state index in [-0.39, 0.29) is 24.0 Å². The van der Waals surface area contributed by atoms with Gasteiger partial charge in [-0.15, -0.1) is 0 Å². The maximum absolute atomic E-state index is 12.4. The standard InChI is InChI=1S/C16H23NO3/c1-11(2)20-14-6-4-13(5-7-14)16(19)17-9-8-15(18)12(3)10-17/h4-7,11-12,15,18H,8-10H2,1-3H3. The summed E-state index contributed by atoms with van der Waals surface area (Å²) in [7, 11) is 0. The van der Waals surface area contributed by atoms with Gasteiger partial charge in [-0.25, -0.2) is 0 Å². The first kappa shape index (κ1) is 14.9. The van der Waals surface area contributed by atoms with Crippen molar-refractivity contribution in [3.8, 4) is 5.75 Å². The van der Waals surface area contributed by atoms with Crippen molar-refractivity contribution < 1.29 is 14.6 Å². The van der Waals surface area contributed by atoms with E-state index in [1.165, 1.54) is 0 Å². The number of aliphatic hydroxyl groups excluding tert-OH is 1. The molecule has 1 saturated heterocycles. The van der Waals surface area contributed by atoms with Crippen LogP contribution in [0, 0.1) is 5.92 Å². The Morgan fingerprint density at radius 2 is 2.00 bits per heavy atom. The molecular formula is C16H23NO3. The van der Waals surface area contributed by atoms with Crippen LogP contribution in [0.5, 0.6) is 5.75 Å². The Labute approximate surface area is 120 Å². The lowest BCUT2D eigenvalue weighted by molar-refractivity contribution is 0.0297. The Hall–Kier alpha value is -1.55. The molecule has 0 saturated carbocycles. The smallest absolute Gasteiger partial charge is 0.253 e.